The summed E-state index contributed by atoms with van der Waals surface area (Å²) in [5, 5.41) is 9.73. The first-order valence-corrected chi connectivity index (χ1v) is 14.2. The Balaban J connectivity index is 1.71. The lowest BCUT2D eigenvalue weighted by atomic mass is 9.94. The molecule has 1 saturated heterocycles. The van der Waals surface area contributed by atoms with Gasteiger partial charge in [-0.2, -0.15) is 0 Å². The molecule has 1 N–H and O–H groups in total. The van der Waals surface area contributed by atoms with Gasteiger partial charge in [-0.15, -0.1) is 0 Å². The lowest BCUT2D eigenvalue weighted by Crippen LogP contribution is -2.40. The number of hydrogen-bond donors (Lipinski definition) is 1. The van der Waals surface area contributed by atoms with Crippen LogP contribution < -0.4 is 9.47 Å². The largest absolute Gasteiger partial charge is 0.490 e. The van der Waals surface area contributed by atoms with E-state index in [-0.39, 0.29) is 11.9 Å². The molecule has 0 unspecified atom stereocenters. The molecule has 0 atom stereocenters. The fourth-order valence-electron chi connectivity index (χ4n) is 4.61. The van der Waals surface area contributed by atoms with Crippen LogP contribution >= 0.6 is 27.7 Å². The number of carbonyl (C=O) groups is 2. The van der Waals surface area contributed by atoms with Crippen LogP contribution in [0.2, 0.25) is 0 Å². The van der Waals surface area contributed by atoms with Crippen molar-refractivity contribution < 1.29 is 24.2 Å². The van der Waals surface area contributed by atoms with Crippen molar-refractivity contribution in [2.75, 3.05) is 13.2 Å². The quantitative estimate of drug-likeness (QED) is 0.325. The number of hydrogen-bond acceptors (Lipinski definition) is 6. The number of nitrogens with zero attached hydrogens (tertiary/aromatic N) is 2. The maximum Gasteiger partial charge on any atom is 0.341 e. The zero-order chi connectivity index (χ0) is 26.4. The second kappa shape index (κ2) is 12.6. The van der Waals surface area contributed by atoms with Crippen molar-refractivity contribution >= 4 is 56.5 Å². The molecule has 4 rings (SSSR count). The Morgan fingerprint density at radius 1 is 1.19 bits per heavy atom. The summed E-state index contributed by atoms with van der Waals surface area (Å²) in [6, 6.07) is 11.8. The van der Waals surface area contributed by atoms with Crippen molar-refractivity contribution in [2.45, 2.75) is 58.4 Å². The van der Waals surface area contributed by atoms with E-state index in [1.807, 2.05) is 36.1 Å². The minimum atomic E-state index is -1.08. The third-order valence-electron chi connectivity index (χ3n) is 6.33. The molecule has 1 saturated carbocycles. The molecule has 0 aromatic heterocycles. The molecule has 0 spiro atoms. The van der Waals surface area contributed by atoms with Gasteiger partial charge in [0.05, 0.1) is 21.7 Å². The normalized spacial score (nSPS) is 18.6. The van der Waals surface area contributed by atoms with Crippen LogP contribution in [0.3, 0.4) is 0 Å². The van der Waals surface area contributed by atoms with E-state index in [4.69, 9.17) is 19.6 Å². The monoisotopic (exact) mass is 586 g/mol. The Morgan fingerprint density at radius 2 is 1.95 bits per heavy atom. The van der Waals surface area contributed by atoms with E-state index >= 15 is 0 Å². The number of thioether (sulfide) groups is 1. The Kier molecular flexibility index (Phi) is 9.32. The van der Waals surface area contributed by atoms with Crippen LogP contribution in [-0.4, -0.2) is 46.3 Å². The number of aliphatic carboxylic acids is 1. The molecular formula is C28H31BrN2O5S. The summed E-state index contributed by atoms with van der Waals surface area (Å²) in [7, 11) is 0. The first-order chi connectivity index (χ1) is 17.9. The van der Waals surface area contributed by atoms with E-state index in [0.717, 1.165) is 54.1 Å². The molecule has 1 heterocycles. The zero-order valence-electron chi connectivity index (χ0n) is 21.0. The number of benzene rings is 2. The van der Waals surface area contributed by atoms with Gasteiger partial charge in [0.1, 0.15) is 0 Å². The van der Waals surface area contributed by atoms with Gasteiger partial charge in [-0.05, 0) is 89.3 Å². The molecule has 2 aliphatic rings. The van der Waals surface area contributed by atoms with Gasteiger partial charge in [-0.3, -0.25) is 9.69 Å². The number of amides is 1. The number of carboxylic acid groups (broad SMARTS) is 1. The Morgan fingerprint density at radius 3 is 2.65 bits per heavy atom. The van der Waals surface area contributed by atoms with Gasteiger partial charge in [0.15, 0.2) is 23.3 Å². The van der Waals surface area contributed by atoms with Crippen LogP contribution in [0.1, 0.15) is 57.1 Å². The van der Waals surface area contributed by atoms with Gasteiger partial charge in [0.2, 0.25) is 0 Å². The fraction of sp³-hybridized carbons (Fsp3) is 0.393. The standard InChI is InChI=1S/C28H31BrN2O5S/c1-3-19-10-8-9-13-22(19)30-28-31(20-11-6-5-7-12-20)27(34)24(37-28)16-18-14-21(29)26(36-17-25(32)33)23(15-18)35-4-2/h8-10,13-16,20H,3-7,11-12,17H2,1-2H3,(H,32,33)/b24-16+,30-28?. The van der Waals surface area contributed by atoms with Crippen molar-refractivity contribution in [2.24, 2.45) is 4.99 Å². The van der Waals surface area contributed by atoms with Crippen LogP contribution in [0.25, 0.3) is 6.08 Å². The van der Waals surface area contributed by atoms with Crippen molar-refractivity contribution in [3.05, 3.63) is 56.9 Å². The summed E-state index contributed by atoms with van der Waals surface area (Å²) in [5.41, 5.74) is 2.78. The predicted molar refractivity (Wildman–Crippen MR) is 151 cm³/mol. The second-order valence-electron chi connectivity index (χ2n) is 8.90. The average molecular weight is 588 g/mol. The molecular weight excluding hydrogens is 556 g/mol. The van der Waals surface area contributed by atoms with E-state index in [2.05, 4.69) is 28.9 Å². The molecule has 0 bridgehead atoms. The van der Waals surface area contributed by atoms with Crippen LogP contribution in [0.5, 0.6) is 11.5 Å². The lowest BCUT2D eigenvalue weighted by Gasteiger charge is -2.30. The van der Waals surface area contributed by atoms with Crippen molar-refractivity contribution in [3.8, 4) is 11.5 Å². The molecule has 9 heteroatoms. The van der Waals surface area contributed by atoms with E-state index in [1.54, 1.807) is 12.1 Å². The fourth-order valence-corrected chi connectivity index (χ4v) is 6.23. The van der Waals surface area contributed by atoms with Gasteiger partial charge >= 0.3 is 5.97 Å². The highest BCUT2D eigenvalue weighted by atomic mass is 79.9. The molecule has 1 amide bonds. The molecule has 0 radical (unpaired) electrons. The number of aryl methyl sites for hydroxylation is 1. The molecule has 7 nitrogen and oxygen atoms in total. The number of para-hydroxylation sites is 1. The van der Waals surface area contributed by atoms with Crippen LogP contribution in [0.15, 0.2) is 50.8 Å². The third-order valence-corrected chi connectivity index (χ3v) is 7.91. The zero-order valence-corrected chi connectivity index (χ0v) is 23.4. The Labute approximate surface area is 230 Å². The summed E-state index contributed by atoms with van der Waals surface area (Å²) < 4.78 is 11.7. The number of aliphatic imine (C=N–C) groups is 1. The molecule has 37 heavy (non-hydrogen) atoms. The molecule has 2 fully saturated rings. The lowest BCUT2D eigenvalue weighted by molar-refractivity contribution is -0.139. The number of rotatable bonds is 9. The number of ether oxygens (including phenoxy) is 2. The molecule has 2 aromatic rings. The SMILES string of the molecule is CCOc1cc(/C=C2/SC(=Nc3ccccc3CC)N(C3CCCCC3)C2=O)cc(Br)c1OCC(=O)O. The summed E-state index contributed by atoms with van der Waals surface area (Å²) in [6.07, 6.45) is 8.07. The molecule has 2 aromatic carbocycles. The predicted octanol–water partition coefficient (Wildman–Crippen LogP) is 6.81. The number of halogens is 1. The van der Waals surface area contributed by atoms with E-state index in [1.165, 1.54) is 18.2 Å². The van der Waals surface area contributed by atoms with Crippen LogP contribution in [-0.2, 0) is 16.0 Å². The first-order valence-electron chi connectivity index (χ1n) is 12.6. The van der Waals surface area contributed by atoms with E-state index in [0.29, 0.717) is 27.5 Å². The van der Waals surface area contributed by atoms with Crippen molar-refractivity contribution in [1.29, 1.82) is 0 Å². The van der Waals surface area contributed by atoms with Crippen LogP contribution in [0.4, 0.5) is 5.69 Å². The minimum Gasteiger partial charge on any atom is -0.490 e. The van der Waals surface area contributed by atoms with Gasteiger partial charge < -0.3 is 14.6 Å². The average Bonchev–Trinajstić information content (AvgIpc) is 3.18. The highest BCUT2D eigenvalue weighted by Gasteiger charge is 2.38. The molecule has 1 aliphatic carbocycles. The minimum absolute atomic E-state index is 0.0371. The Hall–Kier alpha value is -2.78. The highest BCUT2D eigenvalue weighted by Crippen LogP contribution is 2.41. The summed E-state index contributed by atoms with van der Waals surface area (Å²) >= 11 is 4.87. The maximum atomic E-state index is 13.7. The number of amidine groups is 1. The smallest absolute Gasteiger partial charge is 0.341 e. The van der Waals surface area contributed by atoms with Gasteiger partial charge in [0.25, 0.3) is 5.91 Å². The van der Waals surface area contributed by atoms with Gasteiger partial charge in [-0.25, -0.2) is 9.79 Å². The summed E-state index contributed by atoms with van der Waals surface area (Å²) in [6.45, 7) is 3.85. The highest BCUT2D eigenvalue weighted by molar-refractivity contribution is 9.10. The Bertz CT molecular complexity index is 1220. The topological polar surface area (TPSA) is 88.4 Å². The maximum absolute atomic E-state index is 13.7. The van der Waals surface area contributed by atoms with Gasteiger partial charge in [-0.1, -0.05) is 44.4 Å². The van der Waals surface area contributed by atoms with Crippen LogP contribution in [0, 0.1) is 0 Å². The second-order valence-corrected chi connectivity index (χ2v) is 10.8. The first kappa shape index (κ1) is 27.3. The third kappa shape index (κ3) is 6.57. The summed E-state index contributed by atoms with van der Waals surface area (Å²) in [5.74, 6) is -0.382. The van der Waals surface area contributed by atoms with Crippen molar-refractivity contribution in [1.82, 2.24) is 4.90 Å². The van der Waals surface area contributed by atoms with E-state index in [9.17, 15) is 9.59 Å². The molecule has 196 valence electrons. The number of carbonyl (C=O) groups excluding carboxylic acids is 1. The van der Waals surface area contributed by atoms with Crippen molar-refractivity contribution in [3.63, 3.8) is 0 Å². The summed E-state index contributed by atoms with van der Waals surface area (Å²) in [4.78, 5) is 32.2. The number of carboxylic acids is 1. The molecule has 1 aliphatic heterocycles. The van der Waals surface area contributed by atoms with E-state index < -0.39 is 12.6 Å². The van der Waals surface area contributed by atoms with Gasteiger partial charge in [0, 0.05) is 6.04 Å².